The van der Waals surface area contributed by atoms with Gasteiger partial charge in [0.15, 0.2) is 0 Å². The molecule has 0 bridgehead atoms. The highest BCUT2D eigenvalue weighted by molar-refractivity contribution is 5.29. The van der Waals surface area contributed by atoms with Gasteiger partial charge in [0, 0.05) is 5.92 Å². The summed E-state index contributed by atoms with van der Waals surface area (Å²) < 4.78 is 0. The summed E-state index contributed by atoms with van der Waals surface area (Å²) in [5.74, 6) is 1.65. The molecular weight excluding hydrogens is 192 g/mol. The molecule has 1 aromatic rings. The van der Waals surface area contributed by atoms with E-state index >= 15 is 0 Å². The number of hydrogen-bond donors (Lipinski definition) is 0. The Hall–Kier alpha value is -0.780. The van der Waals surface area contributed by atoms with Crippen LogP contribution in [0, 0.1) is 5.92 Å². The molecule has 1 rings (SSSR count). The van der Waals surface area contributed by atoms with Crippen molar-refractivity contribution < 1.29 is 0 Å². The van der Waals surface area contributed by atoms with Crippen LogP contribution >= 0.6 is 0 Å². The SMILES string of the molecule is CCCCCC[C](CCC)c1ccccc1. The van der Waals surface area contributed by atoms with Crippen LogP contribution in [0.2, 0.25) is 0 Å². The van der Waals surface area contributed by atoms with Gasteiger partial charge in [-0.05, 0) is 18.4 Å². The van der Waals surface area contributed by atoms with E-state index in [2.05, 4.69) is 44.2 Å². The summed E-state index contributed by atoms with van der Waals surface area (Å²) in [5, 5.41) is 0. The summed E-state index contributed by atoms with van der Waals surface area (Å²) in [6.45, 7) is 4.54. The molecular formula is C16H25. The van der Waals surface area contributed by atoms with Crippen molar-refractivity contribution in [2.24, 2.45) is 0 Å². The molecule has 0 heteroatoms. The first-order valence-corrected chi connectivity index (χ1v) is 6.78. The van der Waals surface area contributed by atoms with E-state index in [0.717, 1.165) is 0 Å². The van der Waals surface area contributed by atoms with Crippen molar-refractivity contribution >= 4 is 0 Å². The Kier molecular flexibility index (Phi) is 6.96. The van der Waals surface area contributed by atoms with E-state index < -0.39 is 0 Å². The van der Waals surface area contributed by atoms with Crippen molar-refractivity contribution in [3.63, 3.8) is 0 Å². The average molecular weight is 217 g/mol. The van der Waals surface area contributed by atoms with E-state index in [4.69, 9.17) is 0 Å². The minimum Gasteiger partial charge on any atom is -0.0654 e. The summed E-state index contributed by atoms with van der Waals surface area (Å²) in [6, 6.07) is 10.9. The van der Waals surface area contributed by atoms with Crippen molar-refractivity contribution in [3.05, 3.63) is 41.8 Å². The largest absolute Gasteiger partial charge is 0.0654 e. The highest BCUT2D eigenvalue weighted by atomic mass is 14.1. The van der Waals surface area contributed by atoms with Gasteiger partial charge in [0.25, 0.3) is 0 Å². The van der Waals surface area contributed by atoms with E-state index in [-0.39, 0.29) is 0 Å². The Morgan fingerprint density at radius 2 is 1.56 bits per heavy atom. The van der Waals surface area contributed by atoms with Crippen LogP contribution in [-0.2, 0) is 0 Å². The molecule has 0 N–H and O–H groups in total. The van der Waals surface area contributed by atoms with E-state index in [1.807, 2.05) is 0 Å². The molecule has 0 saturated heterocycles. The smallest absolute Gasteiger partial charge is 0.00497 e. The molecule has 0 nitrogen and oxygen atoms in total. The first-order chi connectivity index (χ1) is 7.88. The van der Waals surface area contributed by atoms with Crippen LogP contribution in [0.5, 0.6) is 0 Å². The Balaban J connectivity index is 2.41. The van der Waals surface area contributed by atoms with Crippen LogP contribution in [0.3, 0.4) is 0 Å². The first-order valence-electron chi connectivity index (χ1n) is 6.78. The molecule has 0 spiro atoms. The van der Waals surface area contributed by atoms with E-state index in [1.165, 1.54) is 50.5 Å². The lowest BCUT2D eigenvalue weighted by molar-refractivity contribution is 0.622. The molecule has 0 aliphatic heterocycles. The number of hydrogen-bond acceptors (Lipinski definition) is 0. The summed E-state index contributed by atoms with van der Waals surface area (Å²) in [6.07, 6.45) is 9.27. The van der Waals surface area contributed by atoms with Gasteiger partial charge < -0.3 is 0 Å². The average Bonchev–Trinajstić information content (AvgIpc) is 2.34. The molecule has 0 aliphatic rings. The zero-order valence-corrected chi connectivity index (χ0v) is 10.8. The maximum Gasteiger partial charge on any atom is 0.00497 e. The fourth-order valence-electron chi connectivity index (χ4n) is 2.15. The molecule has 1 aromatic carbocycles. The predicted octanol–water partition coefficient (Wildman–Crippen LogP) is 5.38. The molecule has 0 fully saturated rings. The van der Waals surface area contributed by atoms with Crippen molar-refractivity contribution in [2.75, 3.05) is 0 Å². The minimum atomic E-state index is 1.26. The molecule has 0 saturated carbocycles. The van der Waals surface area contributed by atoms with Gasteiger partial charge in [-0.3, -0.25) is 0 Å². The second-order valence-corrected chi connectivity index (χ2v) is 4.53. The fraction of sp³-hybridized carbons (Fsp3) is 0.562. The summed E-state index contributed by atoms with van der Waals surface area (Å²) >= 11 is 0. The maximum absolute atomic E-state index is 2.27. The Morgan fingerprint density at radius 1 is 0.812 bits per heavy atom. The molecule has 0 amide bonds. The molecule has 89 valence electrons. The molecule has 0 aromatic heterocycles. The summed E-state index contributed by atoms with van der Waals surface area (Å²) in [5.41, 5.74) is 1.46. The van der Waals surface area contributed by atoms with Gasteiger partial charge in [-0.25, -0.2) is 0 Å². The quantitative estimate of drug-likeness (QED) is 0.513. The third kappa shape index (κ3) is 4.83. The third-order valence-corrected chi connectivity index (χ3v) is 3.07. The minimum absolute atomic E-state index is 1.26. The number of unbranched alkanes of at least 4 members (excludes halogenated alkanes) is 3. The van der Waals surface area contributed by atoms with Gasteiger partial charge in [-0.15, -0.1) is 0 Å². The van der Waals surface area contributed by atoms with Crippen LogP contribution in [0.1, 0.15) is 64.4 Å². The van der Waals surface area contributed by atoms with Gasteiger partial charge in [-0.1, -0.05) is 76.3 Å². The maximum atomic E-state index is 2.27. The summed E-state index contributed by atoms with van der Waals surface area (Å²) in [4.78, 5) is 0. The van der Waals surface area contributed by atoms with Crippen molar-refractivity contribution in [1.29, 1.82) is 0 Å². The molecule has 1 radical (unpaired) electrons. The lowest BCUT2D eigenvalue weighted by atomic mass is 9.89. The van der Waals surface area contributed by atoms with E-state index in [0.29, 0.717) is 0 Å². The standard InChI is InChI=1S/C16H25/c1-3-5-6-8-12-15(11-4-2)16-13-9-7-10-14-16/h7,9-10,13-14H,3-6,8,11-12H2,1-2H3. The first kappa shape index (κ1) is 13.3. The van der Waals surface area contributed by atoms with Gasteiger partial charge in [0.2, 0.25) is 0 Å². The van der Waals surface area contributed by atoms with Crippen molar-refractivity contribution in [3.8, 4) is 0 Å². The zero-order valence-electron chi connectivity index (χ0n) is 10.8. The lowest BCUT2D eigenvalue weighted by Crippen LogP contribution is -1.99. The molecule has 0 aliphatic carbocycles. The zero-order chi connectivity index (χ0) is 11.6. The van der Waals surface area contributed by atoms with Gasteiger partial charge in [0.1, 0.15) is 0 Å². The Morgan fingerprint density at radius 3 is 2.19 bits per heavy atom. The topological polar surface area (TPSA) is 0 Å². The predicted molar refractivity (Wildman–Crippen MR) is 72.5 cm³/mol. The molecule has 0 atom stereocenters. The highest BCUT2D eigenvalue weighted by Gasteiger charge is 2.10. The van der Waals surface area contributed by atoms with Crippen LogP contribution < -0.4 is 0 Å². The number of rotatable bonds is 8. The second-order valence-electron chi connectivity index (χ2n) is 4.53. The third-order valence-electron chi connectivity index (χ3n) is 3.07. The fourth-order valence-corrected chi connectivity index (χ4v) is 2.15. The van der Waals surface area contributed by atoms with Crippen LogP contribution in [0.25, 0.3) is 0 Å². The van der Waals surface area contributed by atoms with Crippen molar-refractivity contribution in [1.82, 2.24) is 0 Å². The van der Waals surface area contributed by atoms with Gasteiger partial charge in [-0.2, -0.15) is 0 Å². The van der Waals surface area contributed by atoms with E-state index in [1.54, 1.807) is 5.92 Å². The Bertz CT molecular complexity index is 250. The lowest BCUT2D eigenvalue weighted by Gasteiger charge is -2.15. The van der Waals surface area contributed by atoms with E-state index in [9.17, 15) is 0 Å². The molecule has 0 heterocycles. The summed E-state index contributed by atoms with van der Waals surface area (Å²) in [7, 11) is 0. The van der Waals surface area contributed by atoms with Crippen LogP contribution in [-0.4, -0.2) is 0 Å². The normalized spacial score (nSPS) is 10.9. The van der Waals surface area contributed by atoms with Crippen LogP contribution in [0.4, 0.5) is 0 Å². The second kappa shape index (κ2) is 8.38. The Labute approximate surface area is 101 Å². The highest BCUT2D eigenvalue weighted by Crippen LogP contribution is 2.25. The molecule has 16 heavy (non-hydrogen) atoms. The van der Waals surface area contributed by atoms with Crippen LogP contribution in [0.15, 0.2) is 30.3 Å². The molecule has 0 unspecified atom stereocenters. The van der Waals surface area contributed by atoms with Gasteiger partial charge in [0.05, 0.1) is 0 Å². The monoisotopic (exact) mass is 217 g/mol. The van der Waals surface area contributed by atoms with Crippen molar-refractivity contribution in [2.45, 2.75) is 58.8 Å². The van der Waals surface area contributed by atoms with Gasteiger partial charge >= 0.3 is 0 Å². The number of benzene rings is 1.